The quantitative estimate of drug-likeness (QED) is 0.481. The predicted molar refractivity (Wildman–Crippen MR) is 62.7 cm³/mol. The lowest BCUT2D eigenvalue weighted by Crippen LogP contribution is -2.06. The summed E-state index contributed by atoms with van der Waals surface area (Å²) in [4.78, 5) is 11.0. The molecule has 0 aromatic rings. The Morgan fingerprint density at radius 3 is 2.19 bits per heavy atom. The van der Waals surface area contributed by atoms with Gasteiger partial charge in [0.05, 0.1) is 13.2 Å². The Morgan fingerprint density at radius 2 is 1.56 bits per heavy atom. The molecule has 96 valence electrons. The monoisotopic (exact) mass is 232 g/mol. The topological polar surface area (TPSA) is 44.8 Å². The first kappa shape index (κ1) is 15.6. The molecule has 0 amide bonds. The zero-order valence-electron chi connectivity index (χ0n) is 10.5. The van der Waals surface area contributed by atoms with E-state index in [0.717, 1.165) is 12.8 Å². The number of Topliss-reactive ketones (excluding diaryl/α,β-unsaturated/α-hetero) is 1. The van der Waals surface area contributed by atoms with Crippen LogP contribution in [0.15, 0.2) is 0 Å². The number of ether oxygens (including phenoxy) is 3. The van der Waals surface area contributed by atoms with Gasteiger partial charge in [-0.25, -0.2) is 0 Å². The Balaban J connectivity index is 2.96. The standard InChI is InChI=1S/C12H24O4/c1-3-12(13)6-4-7-15-8-5-9-16-11-10-14-2/h3-11H2,1-2H3. The van der Waals surface area contributed by atoms with Crippen LogP contribution >= 0.6 is 0 Å². The van der Waals surface area contributed by atoms with Crippen molar-refractivity contribution in [2.75, 3.05) is 40.1 Å². The van der Waals surface area contributed by atoms with Gasteiger partial charge >= 0.3 is 0 Å². The molecule has 4 heteroatoms. The van der Waals surface area contributed by atoms with Crippen molar-refractivity contribution in [2.45, 2.75) is 32.6 Å². The maximum atomic E-state index is 11.0. The van der Waals surface area contributed by atoms with Gasteiger partial charge in [-0.15, -0.1) is 0 Å². The van der Waals surface area contributed by atoms with E-state index < -0.39 is 0 Å². The molecule has 16 heavy (non-hydrogen) atoms. The molecule has 0 atom stereocenters. The fraction of sp³-hybridized carbons (Fsp3) is 0.917. The first-order chi connectivity index (χ1) is 7.81. The van der Waals surface area contributed by atoms with Crippen molar-refractivity contribution in [3.05, 3.63) is 0 Å². The number of ketones is 1. The largest absolute Gasteiger partial charge is 0.382 e. The van der Waals surface area contributed by atoms with Crippen LogP contribution in [0.3, 0.4) is 0 Å². The minimum absolute atomic E-state index is 0.312. The summed E-state index contributed by atoms with van der Waals surface area (Å²) in [5, 5.41) is 0. The predicted octanol–water partition coefficient (Wildman–Crippen LogP) is 1.82. The SMILES string of the molecule is CCC(=O)CCCOCCCOCCOC. The van der Waals surface area contributed by atoms with Gasteiger partial charge in [-0.3, -0.25) is 4.79 Å². The maximum Gasteiger partial charge on any atom is 0.132 e. The van der Waals surface area contributed by atoms with E-state index in [1.54, 1.807) is 7.11 Å². The molecular weight excluding hydrogens is 208 g/mol. The zero-order chi connectivity index (χ0) is 12.1. The summed E-state index contributed by atoms with van der Waals surface area (Å²) in [5.41, 5.74) is 0. The van der Waals surface area contributed by atoms with Crippen LogP contribution in [-0.2, 0) is 19.0 Å². The van der Waals surface area contributed by atoms with E-state index in [1.165, 1.54) is 0 Å². The van der Waals surface area contributed by atoms with Gasteiger partial charge in [0.15, 0.2) is 0 Å². The van der Waals surface area contributed by atoms with E-state index in [9.17, 15) is 4.79 Å². The average Bonchev–Trinajstić information content (AvgIpc) is 2.31. The Labute approximate surface area is 98.3 Å². The van der Waals surface area contributed by atoms with Crippen molar-refractivity contribution >= 4 is 5.78 Å². The molecule has 0 fully saturated rings. The third-order valence-corrected chi connectivity index (χ3v) is 2.15. The molecule has 0 aliphatic heterocycles. The molecule has 0 spiro atoms. The van der Waals surface area contributed by atoms with Crippen LogP contribution in [-0.4, -0.2) is 45.9 Å². The van der Waals surface area contributed by atoms with E-state index >= 15 is 0 Å². The maximum absolute atomic E-state index is 11.0. The smallest absolute Gasteiger partial charge is 0.132 e. The van der Waals surface area contributed by atoms with Crippen molar-refractivity contribution in [1.82, 2.24) is 0 Å². The Bertz CT molecular complexity index is 159. The number of methoxy groups -OCH3 is 1. The van der Waals surface area contributed by atoms with Crippen molar-refractivity contribution in [3.8, 4) is 0 Å². The van der Waals surface area contributed by atoms with Gasteiger partial charge in [0.25, 0.3) is 0 Å². The molecule has 4 nitrogen and oxygen atoms in total. The van der Waals surface area contributed by atoms with Gasteiger partial charge in [0.2, 0.25) is 0 Å². The first-order valence-corrected chi connectivity index (χ1v) is 5.97. The van der Waals surface area contributed by atoms with E-state index in [0.29, 0.717) is 51.7 Å². The molecule has 0 aromatic heterocycles. The molecule has 0 saturated heterocycles. The van der Waals surface area contributed by atoms with Gasteiger partial charge in [-0.1, -0.05) is 6.92 Å². The first-order valence-electron chi connectivity index (χ1n) is 5.97. The molecule has 0 unspecified atom stereocenters. The summed E-state index contributed by atoms with van der Waals surface area (Å²) in [6.07, 6.45) is 3.00. The van der Waals surface area contributed by atoms with E-state index in [-0.39, 0.29) is 0 Å². The second-order valence-corrected chi connectivity index (χ2v) is 3.57. The summed E-state index contributed by atoms with van der Waals surface area (Å²) in [5.74, 6) is 0.312. The van der Waals surface area contributed by atoms with Crippen LogP contribution in [0.5, 0.6) is 0 Å². The highest BCUT2D eigenvalue weighted by Crippen LogP contribution is 1.95. The third kappa shape index (κ3) is 11.6. The van der Waals surface area contributed by atoms with Gasteiger partial charge in [0.1, 0.15) is 5.78 Å². The molecule has 0 bridgehead atoms. The highest BCUT2D eigenvalue weighted by molar-refractivity contribution is 5.77. The van der Waals surface area contributed by atoms with E-state index in [4.69, 9.17) is 14.2 Å². The number of rotatable bonds is 12. The second kappa shape index (κ2) is 12.6. The van der Waals surface area contributed by atoms with Crippen molar-refractivity contribution in [2.24, 2.45) is 0 Å². The minimum Gasteiger partial charge on any atom is -0.382 e. The molecule has 0 rings (SSSR count). The lowest BCUT2D eigenvalue weighted by molar-refractivity contribution is -0.119. The van der Waals surface area contributed by atoms with Crippen LogP contribution in [0.2, 0.25) is 0 Å². The Hall–Kier alpha value is -0.450. The van der Waals surface area contributed by atoms with Gasteiger partial charge in [-0.05, 0) is 12.8 Å². The van der Waals surface area contributed by atoms with E-state index in [2.05, 4.69) is 0 Å². The third-order valence-electron chi connectivity index (χ3n) is 2.15. The summed E-state index contributed by atoms with van der Waals surface area (Å²) in [7, 11) is 1.66. The number of hydrogen-bond acceptors (Lipinski definition) is 4. The minimum atomic E-state index is 0.312. The fourth-order valence-electron chi connectivity index (χ4n) is 1.16. The zero-order valence-corrected chi connectivity index (χ0v) is 10.5. The van der Waals surface area contributed by atoms with Gasteiger partial charge < -0.3 is 14.2 Å². The fourth-order valence-corrected chi connectivity index (χ4v) is 1.16. The summed E-state index contributed by atoms with van der Waals surface area (Å²) in [6.45, 7) is 5.25. The van der Waals surface area contributed by atoms with Crippen molar-refractivity contribution in [3.63, 3.8) is 0 Å². The molecule has 0 aromatic carbocycles. The number of hydrogen-bond donors (Lipinski definition) is 0. The second-order valence-electron chi connectivity index (χ2n) is 3.57. The van der Waals surface area contributed by atoms with Crippen molar-refractivity contribution < 1.29 is 19.0 Å². The molecule has 0 aliphatic rings. The lowest BCUT2D eigenvalue weighted by Gasteiger charge is -2.05. The highest BCUT2D eigenvalue weighted by Gasteiger charge is 1.97. The molecule has 0 aliphatic carbocycles. The lowest BCUT2D eigenvalue weighted by atomic mass is 10.2. The highest BCUT2D eigenvalue weighted by atomic mass is 16.5. The van der Waals surface area contributed by atoms with Crippen LogP contribution in [0.1, 0.15) is 32.6 Å². The Kier molecular flexibility index (Phi) is 12.3. The van der Waals surface area contributed by atoms with Gasteiger partial charge in [0, 0.05) is 39.8 Å². The van der Waals surface area contributed by atoms with Gasteiger partial charge in [-0.2, -0.15) is 0 Å². The number of carbonyl (C=O) groups excluding carboxylic acids is 1. The Morgan fingerprint density at radius 1 is 0.938 bits per heavy atom. The summed E-state index contributed by atoms with van der Waals surface area (Å²) < 4.78 is 15.5. The molecule has 0 radical (unpaired) electrons. The van der Waals surface area contributed by atoms with E-state index in [1.807, 2.05) is 6.92 Å². The van der Waals surface area contributed by atoms with Crippen LogP contribution in [0.4, 0.5) is 0 Å². The molecule has 0 saturated carbocycles. The normalized spacial score (nSPS) is 10.6. The molecule has 0 N–H and O–H groups in total. The van der Waals surface area contributed by atoms with Crippen LogP contribution < -0.4 is 0 Å². The van der Waals surface area contributed by atoms with Crippen LogP contribution in [0, 0.1) is 0 Å². The molecule has 0 heterocycles. The van der Waals surface area contributed by atoms with Crippen LogP contribution in [0.25, 0.3) is 0 Å². The summed E-state index contributed by atoms with van der Waals surface area (Å²) in [6, 6.07) is 0. The molecular formula is C12H24O4. The average molecular weight is 232 g/mol. The number of carbonyl (C=O) groups is 1. The summed E-state index contributed by atoms with van der Waals surface area (Å²) >= 11 is 0. The van der Waals surface area contributed by atoms with Crippen molar-refractivity contribution in [1.29, 1.82) is 0 Å².